The van der Waals surface area contributed by atoms with E-state index in [4.69, 9.17) is 5.73 Å². The van der Waals surface area contributed by atoms with E-state index in [9.17, 15) is 18.0 Å². The van der Waals surface area contributed by atoms with Crippen LogP contribution in [0.1, 0.15) is 13.3 Å². The van der Waals surface area contributed by atoms with Gasteiger partial charge in [0.1, 0.15) is 0 Å². The van der Waals surface area contributed by atoms with E-state index >= 15 is 0 Å². The molecule has 3 nitrogen and oxygen atoms in total. The highest BCUT2D eigenvalue weighted by atomic mass is 19.4. The van der Waals surface area contributed by atoms with Crippen molar-refractivity contribution in [1.29, 1.82) is 0 Å². The molecule has 88 valence electrons. The first kappa shape index (κ1) is 12.3. The Morgan fingerprint density at radius 3 is 2.60 bits per heavy atom. The fraction of sp³-hybridized carbons (Fsp3) is 0.889. The van der Waals surface area contributed by atoms with Gasteiger partial charge in [-0.05, 0) is 24.8 Å². The Hall–Kier alpha value is -0.780. The second-order valence-corrected chi connectivity index (χ2v) is 4.01. The summed E-state index contributed by atoms with van der Waals surface area (Å²) >= 11 is 0. The molecule has 2 N–H and O–H groups in total. The van der Waals surface area contributed by atoms with Gasteiger partial charge in [-0.15, -0.1) is 0 Å². The van der Waals surface area contributed by atoms with Crippen LogP contribution < -0.4 is 5.73 Å². The number of nitrogens with zero attached hydrogens (tertiary/aromatic N) is 1. The van der Waals surface area contributed by atoms with E-state index in [2.05, 4.69) is 0 Å². The molecule has 1 amide bonds. The number of piperidine rings is 1. The number of alkyl halides is 3. The highest BCUT2D eigenvalue weighted by Gasteiger charge is 2.44. The molecule has 0 radical (unpaired) electrons. The Balaban J connectivity index is 2.62. The Morgan fingerprint density at radius 1 is 1.53 bits per heavy atom. The van der Waals surface area contributed by atoms with Crippen molar-refractivity contribution in [1.82, 2.24) is 4.90 Å². The van der Waals surface area contributed by atoms with Crippen molar-refractivity contribution in [2.75, 3.05) is 19.6 Å². The van der Waals surface area contributed by atoms with Crippen molar-refractivity contribution >= 4 is 5.91 Å². The summed E-state index contributed by atoms with van der Waals surface area (Å²) < 4.78 is 36.4. The lowest BCUT2D eigenvalue weighted by Crippen LogP contribution is -2.49. The molecule has 0 aromatic heterocycles. The minimum absolute atomic E-state index is 0.0231. The highest BCUT2D eigenvalue weighted by molar-refractivity contribution is 5.81. The molecule has 0 aliphatic carbocycles. The standard InChI is InChI=1S/C9H15F3N2O/c1-6-2-3-14(5-7(6)4-13)8(15)9(10,11)12/h6-7H,2-5,13H2,1H3. The molecule has 0 spiro atoms. The number of carbonyl (C=O) groups excluding carboxylic acids is 1. The van der Waals surface area contributed by atoms with Crippen LogP contribution in [0.25, 0.3) is 0 Å². The van der Waals surface area contributed by atoms with Crippen LogP contribution in [-0.2, 0) is 4.79 Å². The van der Waals surface area contributed by atoms with Gasteiger partial charge in [0.15, 0.2) is 0 Å². The lowest BCUT2D eigenvalue weighted by Gasteiger charge is -2.36. The van der Waals surface area contributed by atoms with Gasteiger partial charge in [0, 0.05) is 13.1 Å². The van der Waals surface area contributed by atoms with Crippen molar-refractivity contribution in [3.63, 3.8) is 0 Å². The topological polar surface area (TPSA) is 46.3 Å². The normalized spacial score (nSPS) is 27.9. The maximum Gasteiger partial charge on any atom is 0.471 e. The average Bonchev–Trinajstić information content (AvgIpc) is 2.16. The van der Waals surface area contributed by atoms with Crippen molar-refractivity contribution < 1.29 is 18.0 Å². The van der Waals surface area contributed by atoms with Crippen molar-refractivity contribution in [3.05, 3.63) is 0 Å². The monoisotopic (exact) mass is 224 g/mol. The number of amides is 1. The van der Waals surface area contributed by atoms with E-state index in [0.29, 0.717) is 13.0 Å². The molecule has 0 aromatic carbocycles. The zero-order chi connectivity index (χ0) is 11.6. The molecule has 2 unspecified atom stereocenters. The summed E-state index contributed by atoms with van der Waals surface area (Å²) in [6.07, 6.45) is -4.18. The molecule has 1 fully saturated rings. The highest BCUT2D eigenvalue weighted by Crippen LogP contribution is 2.26. The zero-order valence-corrected chi connectivity index (χ0v) is 8.55. The largest absolute Gasteiger partial charge is 0.471 e. The van der Waals surface area contributed by atoms with Gasteiger partial charge in [0.25, 0.3) is 0 Å². The maximum absolute atomic E-state index is 12.1. The number of likely N-dealkylation sites (tertiary alicyclic amines) is 1. The first-order valence-electron chi connectivity index (χ1n) is 4.92. The molecule has 15 heavy (non-hydrogen) atoms. The van der Waals surface area contributed by atoms with Crippen LogP contribution in [0.5, 0.6) is 0 Å². The van der Waals surface area contributed by atoms with Gasteiger partial charge in [0.2, 0.25) is 0 Å². The molecule has 1 aliphatic rings. The van der Waals surface area contributed by atoms with E-state index in [1.54, 1.807) is 0 Å². The molecule has 6 heteroatoms. The van der Waals surface area contributed by atoms with E-state index < -0.39 is 12.1 Å². The van der Waals surface area contributed by atoms with E-state index in [1.807, 2.05) is 6.92 Å². The van der Waals surface area contributed by atoms with Gasteiger partial charge < -0.3 is 10.6 Å². The fourth-order valence-electron chi connectivity index (χ4n) is 1.82. The molecule has 2 atom stereocenters. The summed E-state index contributed by atoms with van der Waals surface area (Å²) in [5.41, 5.74) is 5.45. The Labute approximate surface area is 86.4 Å². The molecule has 0 bridgehead atoms. The predicted octanol–water partition coefficient (Wildman–Crippen LogP) is 0.992. The van der Waals surface area contributed by atoms with Gasteiger partial charge >= 0.3 is 12.1 Å². The van der Waals surface area contributed by atoms with Crippen LogP contribution in [0.3, 0.4) is 0 Å². The molecule has 1 aliphatic heterocycles. The van der Waals surface area contributed by atoms with Crippen LogP contribution in [0.2, 0.25) is 0 Å². The van der Waals surface area contributed by atoms with Crippen molar-refractivity contribution in [2.45, 2.75) is 19.5 Å². The summed E-state index contributed by atoms with van der Waals surface area (Å²) in [5, 5.41) is 0. The minimum Gasteiger partial charge on any atom is -0.335 e. The molecule has 1 saturated heterocycles. The number of rotatable bonds is 1. The van der Waals surface area contributed by atoms with Gasteiger partial charge in [-0.25, -0.2) is 0 Å². The number of nitrogens with two attached hydrogens (primary N) is 1. The number of halogens is 3. The van der Waals surface area contributed by atoms with Crippen LogP contribution in [0, 0.1) is 11.8 Å². The van der Waals surface area contributed by atoms with Gasteiger partial charge in [0.05, 0.1) is 0 Å². The first-order chi connectivity index (χ1) is 6.86. The van der Waals surface area contributed by atoms with E-state index in [0.717, 1.165) is 4.90 Å². The third kappa shape index (κ3) is 2.84. The Bertz CT molecular complexity index is 242. The van der Waals surface area contributed by atoms with Crippen molar-refractivity contribution in [3.8, 4) is 0 Å². The zero-order valence-electron chi connectivity index (χ0n) is 8.55. The Morgan fingerprint density at radius 2 is 2.13 bits per heavy atom. The van der Waals surface area contributed by atoms with Crippen molar-refractivity contribution in [2.24, 2.45) is 17.6 Å². The summed E-state index contributed by atoms with van der Waals surface area (Å²) in [4.78, 5) is 11.8. The first-order valence-corrected chi connectivity index (χ1v) is 4.92. The summed E-state index contributed by atoms with van der Waals surface area (Å²) in [6.45, 7) is 2.57. The minimum atomic E-state index is -4.76. The molecule has 1 rings (SSSR count). The third-order valence-corrected chi connectivity index (χ3v) is 2.95. The molecule has 0 aromatic rings. The van der Waals surface area contributed by atoms with E-state index in [-0.39, 0.29) is 24.9 Å². The second-order valence-electron chi connectivity index (χ2n) is 4.01. The summed E-state index contributed by atoms with van der Waals surface area (Å²) in [5.74, 6) is -1.48. The molecular formula is C9H15F3N2O. The second kappa shape index (κ2) is 4.38. The Kier molecular flexibility index (Phi) is 3.59. The van der Waals surface area contributed by atoms with Gasteiger partial charge in [-0.2, -0.15) is 13.2 Å². The number of carbonyl (C=O) groups is 1. The van der Waals surface area contributed by atoms with Crippen LogP contribution in [0.4, 0.5) is 13.2 Å². The number of hydrogen-bond donors (Lipinski definition) is 1. The third-order valence-electron chi connectivity index (χ3n) is 2.95. The lowest BCUT2D eigenvalue weighted by atomic mass is 9.87. The van der Waals surface area contributed by atoms with Crippen LogP contribution in [-0.4, -0.2) is 36.6 Å². The quantitative estimate of drug-likeness (QED) is 0.722. The summed E-state index contributed by atoms with van der Waals surface area (Å²) in [6, 6.07) is 0. The SMILES string of the molecule is CC1CCN(C(=O)C(F)(F)F)CC1CN. The summed E-state index contributed by atoms with van der Waals surface area (Å²) in [7, 11) is 0. The van der Waals surface area contributed by atoms with Gasteiger partial charge in [-0.1, -0.05) is 6.92 Å². The van der Waals surface area contributed by atoms with Crippen LogP contribution >= 0.6 is 0 Å². The fourth-order valence-corrected chi connectivity index (χ4v) is 1.82. The van der Waals surface area contributed by atoms with E-state index in [1.165, 1.54) is 0 Å². The van der Waals surface area contributed by atoms with Gasteiger partial charge in [-0.3, -0.25) is 4.79 Å². The molecule has 1 heterocycles. The predicted molar refractivity (Wildman–Crippen MR) is 49.0 cm³/mol. The maximum atomic E-state index is 12.1. The number of hydrogen-bond acceptors (Lipinski definition) is 2. The smallest absolute Gasteiger partial charge is 0.335 e. The lowest BCUT2D eigenvalue weighted by molar-refractivity contribution is -0.187. The van der Waals surface area contributed by atoms with Crippen LogP contribution in [0.15, 0.2) is 0 Å². The average molecular weight is 224 g/mol. The molecule has 0 saturated carbocycles. The molecular weight excluding hydrogens is 209 g/mol.